The molecule has 1 amide bonds. The van der Waals surface area contributed by atoms with Crippen molar-refractivity contribution in [1.29, 1.82) is 0 Å². The van der Waals surface area contributed by atoms with Crippen molar-refractivity contribution < 1.29 is 13.9 Å². The van der Waals surface area contributed by atoms with Crippen LogP contribution >= 0.6 is 0 Å². The molecule has 1 aromatic rings. The molecule has 2 bridgehead atoms. The fourth-order valence-electron chi connectivity index (χ4n) is 3.80. The number of amides is 1. The summed E-state index contributed by atoms with van der Waals surface area (Å²) >= 11 is 0. The van der Waals surface area contributed by atoms with Crippen LogP contribution in [0.25, 0.3) is 0 Å². The van der Waals surface area contributed by atoms with Crippen LogP contribution in [0.15, 0.2) is 30.3 Å². The topological polar surface area (TPSA) is 32.8 Å². The molecule has 2 aliphatic rings. The number of hydrogen-bond donors (Lipinski definition) is 0. The normalized spacial score (nSPS) is 28.7. The van der Waals surface area contributed by atoms with Gasteiger partial charge in [-0.3, -0.25) is 9.80 Å². The number of halogens is 1. The van der Waals surface area contributed by atoms with Crippen molar-refractivity contribution in [1.82, 2.24) is 9.80 Å². The van der Waals surface area contributed by atoms with Gasteiger partial charge >= 0.3 is 6.09 Å². The number of benzene rings is 1. The van der Waals surface area contributed by atoms with E-state index in [-0.39, 0.29) is 18.6 Å². The zero-order valence-electron chi connectivity index (χ0n) is 15.0. The van der Waals surface area contributed by atoms with Crippen LogP contribution in [-0.2, 0) is 4.74 Å². The van der Waals surface area contributed by atoms with Gasteiger partial charge in [0.25, 0.3) is 0 Å². The summed E-state index contributed by atoms with van der Waals surface area (Å²) < 4.78 is 21.0. The quantitative estimate of drug-likeness (QED) is 0.763. The average molecular weight is 334 g/mol. The maximum Gasteiger partial charge on any atom is 0.413 e. The molecule has 4 nitrogen and oxygen atoms in total. The molecule has 2 fully saturated rings. The number of fused-ring (bicyclic) bond motifs is 2. The summed E-state index contributed by atoms with van der Waals surface area (Å²) in [6.45, 7) is 8.45. The van der Waals surface area contributed by atoms with Gasteiger partial charge in [0.2, 0.25) is 5.79 Å². The van der Waals surface area contributed by atoms with E-state index in [1.807, 2.05) is 39.0 Å². The number of piperazine rings is 1. The minimum atomic E-state index is -1.63. The van der Waals surface area contributed by atoms with Crippen molar-refractivity contribution in [3.63, 3.8) is 0 Å². The van der Waals surface area contributed by atoms with E-state index in [4.69, 9.17) is 4.74 Å². The molecular formula is C19H27FN2O2. The molecule has 132 valence electrons. The Hall–Kier alpha value is -1.62. The monoisotopic (exact) mass is 334 g/mol. The first-order valence-corrected chi connectivity index (χ1v) is 8.70. The molecule has 0 aliphatic carbocycles. The summed E-state index contributed by atoms with van der Waals surface area (Å²) in [4.78, 5) is 16.0. The molecular weight excluding hydrogens is 307 g/mol. The molecule has 0 aromatic heterocycles. The average Bonchev–Trinajstić information content (AvgIpc) is 2.71. The van der Waals surface area contributed by atoms with Gasteiger partial charge in [0, 0.05) is 19.0 Å². The van der Waals surface area contributed by atoms with Gasteiger partial charge in [-0.25, -0.2) is 9.18 Å². The Bertz CT molecular complexity index is 601. The molecule has 24 heavy (non-hydrogen) atoms. The Morgan fingerprint density at radius 3 is 2.58 bits per heavy atom. The molecule has 1 unspecified atom stereocenters. The van der Waals surface area contributed by atoms with E-state index in [0.717, 1.165) is 0 Å². The van der Waals surface area contributed by atoms with E-state index in [0.29, 0.717) is 19.4 Å². The van der Waals surface area contributed by atoms with Gasteiger partial charge in [-0.1, -0.05) is 30.3 Å². The summed E-state index contributed by atoms with van der Waals surface area (Å²) in [5, 5.41) is 0. The second-order valence-electron chi connectivity index (χ2n) is 7.98. The Morgan fingerprint density at radius 1 is 1.33 bits per heavy atom. The first-order chi connectivity index (χ1) is 11.2. The zero-order chi connectivity index (χ0) is 17.5. The molecule has 3 atom stereocenters. The van der Waals surface area contributed by atoms with Crippen LogP contribution in [0.2, 0.25) is 0 Å². The molecule has 0 radical (unpaired) electrons. The molecule has 0 spiro atoms. The van der Waals surface area contributed by atoms with Gasteiger partial charge in [-0.2, -0.15) is 0 Å². The van der Waals surface area contributed by atoms with Gasteiger partial charge in [0.05, 0.1) is 12.6 Å². The number of carbonyl (C=O) groups excluding carboxylic acids is 1. The second kappa shape index (κ2) is 6.03. The van der Waals surface area contributed by atoms with Crippen LogP contribution in [0, 0.1) is 0 Å². The van der Waals surface area contributed by atoms with E-state index in [2.05, 4.69) is 24.0 Å². The zero-order valence-corrected chi connectivity index (χ0v) is 15.0. The van der Waals surface area contributed by atoms with Crippen LogP contribution in [0.4, 0.5) is 9.18 Å². The highest BCUT2D eigenvalue weighted by atomic mass is 19.1. The number of rotatable bonds is 2. The molecule has 1 aromatic carbocycles. The minimum absolute atomic E-state index is 0.121. The number of hydrogen-bond acceptors (Lipinski definition) is 3. The molecule has 2 heterocycles. The predicted molar refractivity (Wildman–Crippen MR) is 91.4 cm³/mol. The number of likely N-dealkylation sites (tertiary alicyclic amines) is 1. The molecule has 0 N–H and O–H groups in total. The third-order valence-corrected chi connectivity index (χ3v) is 4.97. The van der Waals surface area contributed by atoms with Crippen LogP contribution < -0.4 is 0 Å². The highest BCUT2D eigenvalue weighted by molar-refractivity contribution is 5.70. The Balaban J connectivity index is 1.76. The lowest BCUT2D eigenvalue weighted by Crippen LogP contribution is -2.62. The molecule has 0 saturated carbocycles. The van der Waals surface area contributed by atoms with E-state index in [9.17, 15) is 4.79 Å². The predicted octanol–water partition coefficient (Wildman–Crippen LogP) is 4.13. The molecule has 2 aliphatic heterocycles. The maximum atomic E-state index is 15.5. The minimum Gasteiger partial charge on any atom is -0.444 e. The fraction of sp³-hybridized carbons (Fsp3) is 0.632. The molecule has 5 heteroatoms. The lowest BCUT2D eigenvalue weighted by atomic mass is 10.0. The van der Waals surface area contributed by atoms with E-state index in [1.165, 1.54) is 10.5 Å². The van der Waals surface area contributed by atoms with Crippen molar-refractivity contribution in [2.24, 2.45) is 0 Å². The van der Waals surface area contributed by atoms with Crippen LogP contribution in [0.1, 0.15) is 52.1 Å². The first-order valence-electron chi connectivity index (χ1n) is 8.70. The standard InChI is InChI=1S/C19H27FN2O2/c1-14(15-8-6-5-7-9-15)21-12-16-10-11-19(20,13-21)22(16)17(23)24-18(2,3)4/h5-9,14,16H,10-13H2,1-4H3/t14?,16-,19+/m0/s1. The molecule has 2 saturated heterocycles. The van der Waals surface area contributed by atoms with Gasteiger partial charge in [-0.15, -0.1) is 0 Å². The highest BCUT2D eigenvalue weighted by Crippen LogP contribution is 2.43. The van der Waals surface area contributed by atoms with E-state index in [1.54, 1.807) is 0 Å². The fourth-order valence-corrected chi connectivity index (χ4v) is 3.80. The van der Waals surface area contributed by atoms with Crippen LogP contribution in [0.5, 0.6) is 0 Å². The van der Waals surface area contributed by atoms with Gasteiger partial charge in [0.15, 0.2) is 0 Å². The Kier molecular flexibility index (Phi) is 4.32. The first kappa shape index (κ1) is 17.2. The Morgan fingerprint density at radius 2 is 2.00 bits per heavy atom. The Labute approximate surface area is 143 Å². The van der Waals surface area contributed by atoms with Crippen molar-refractivity contribution in [2.75, 3.05) is 13.1 Å². The van der Waals surface area contributed by atoms with Crippen molar-refractivity contribution in [3.8, 4) is 0 Å². The summed E-state index contributed by atoms with van der Waals surface area (Å²) in [7, 11) is 0. The van der Waals surface area contributed by atoms with Crippen molar-refractivity contribution in [2.45, 2.75) is 64.0 Å². The van der Waals surface area contributed by atoms with Crippen LogP contribution in [0.3, 0.4) is 0 Å². The number of carbonyl (C=O) groups is 1. The van der Waals surface area contributed by atoms with Crippen molar-refractivity contribution in [3.05, 3.63) is 35.9 Å². The highest BCUT2D eigenvalue weighted by Gasteiger charge is 2.56. The van der Waals surface area contributed by atoms with Gasteiger partial charge in [0.1, 0.15) is 5.60 Å². The van der Waals surface area contributed by atoms with Gasteiger partial charge in [-0.05, 0) is 39.7 Å². The number of ether oxygens (including phenoxy) is 1. The van der Waals surface area contributed by atoms with E-state index < -0.39 is 17.5 Å². The second-order valence-corrected chi connectivity index (χ2v) is 7.98. The van der Waals surface area contributed by atoms with Crippen LogP contribution in [-0.4, -0.2) is 46.4 Å². The SMILES string of the molecule is CC(c1ccccc1)N1C[C@@H]2CC[C@](F)(C1)N2C(=O)OC(C)(C)C. The largest absolute Gasteiger partial charge is 0.444 e. The number of nitrogens with zero attached hydrogens (tertiary/aromatic N) is 2. The van der Waals surface area contributed by atoms with Crippen molar-refractivity contribution >= 4 is 6.09 Å². The van der Waals surface area contributed by atoms with Gasteiger partial charge < -0.3 is 4.74 Å². The lowest BCUT2D eigenvalue weighted by molar-refractivity contribution is -0.0939. The summed E-state index contributed by atoms with van der Waals surface area (Å²) in [6.07, 6.45) is 0.544. The summed E-state index contributed by atoms with van der Waals surface area (Å²) in [6, 6.07) is 10.1. The smallest absolute Gasteiger partial charge is 0.413 e. The third kappa shape index (κ3) is 3.27. The number of alkyl halides is 1. The molecule has 3 rings (SSSR count). The summed E-state index contributed by atoms with van der Waals surface area (Å²) in [5.41, 5.74) is 0.563. The third-order valence-electron chi connectivity index (χ3n) is 4.97. The maximum absolute atomic E-state index is 15.5. The van der Waals surface area contributed by atoms with E-state index >= 15 is 4.39 Å². The lowest BCUT2D eigenvalue weighted by Gasteiger charge is -2.46. The summed E-state index contributed by atoms with van der Waals surface area (Å²) in [5.74, 6) is -1.63.